The lowest BCUT2D eigenvalue weighted by Crippen LogP contribution is -2.16. The van der Waals surface area contributed by atoms with Crippen molar-refractivity contribution in [3.8, 4) is 45.7 Å². The van der Waals surface area contributed by atoms with E-state index in [1.165, 1.54) is 11.1 Å². The number of hydrogen-bond acceptors (Lipinski definition) is 1. The molecule has 6 aromatic carbocycles. The maximum absolute atomic E-state index is 6.10. The summed E-state index contributed by atoms with van der Waals surface area (Å²) >= 11 is 0. The molecule has 0 saturated carbocycles. The zero-order valence-electron chi connectivity index (χ0n) is 24.8. The van der Waals surface area contributed by atoms with Crippen LogP contribution in [0.5, 0.6) is 0 Å². The highest BCUT2D eigenvalue weighted by molar-refractivity contribution is 5.88. The summed E-state index contributed by atoms with van der Waals surface area (Å²) in [6.07, 6.45) is 10.3. The summed E-state index contributed by atoms with van der Waals surface area (Å²) in [5.41, 5.74) is 12.0. The quantitative estimate of drug-likeness (QED) is 0.131. The van der Waals surface area contributed by atoms with E-state index in [2.05, 4.69) is 169 Å². The van der Waals surface area contributed by atoms with Gasteiger partial charge in [0.1, 0.15) is 0 Å². The first-order valence-corrected chi connectivity index (χ1v) is 14.9. The van der Waals surface area contributed by atoms with Crippen LogP contribution in [0.25, 0.3) is 39.0 Å². The van der Waals surface area contributed by atoms with Gasteiger partial charge in [-0.2, -0.15) is 0 Å². The molecule has 0 aliphatic heterocycles. The van der Waals surface area contributed by atoms with Crippen LogP contribution in [0.3, 0.4) is 0 Å². The molecule has 0 radical (unpaired) electrons. The highest BCUT2D eigenvalue weighted by atomic mass is 15.1. The zero-order valence-corrected chi connectivity index (χ0v) is 24.8. The van der Waals surface area contributed by atoms with E-state index in [4.69, 9.17) is 6.42 Å². The highest BCUT2D eigenvalue weighted by Gasteiger charge is 2.19. The second kappa shape index (κ2) is 13.4. The lowest BCUT2D eigenvalue weighted by molar-refractivity contribution is 1.20. The molecule has 0 aliphatic rings. The number of hydrogen-bond donors (Lipinski definition) is 0. The molecule has 0 unspecified atom stereocenters. The summed E-state index contributed by atoms with van der Waals surface area (Å²) in [4.78, 5) is 2.31. The second-order valence-corrected chi connectivity index (χ2v) is 10.5. The summed E-state index contributed by atoms with van der Waals surface area (Å²) in [7, 11) is 0. The molecule has 6 rings (SSSR count). The first-order chi connectivity index (χ1) is 21.7. The Morgan fingerprint density at radius 3 is 1.70 bits per heavy atom. The Bertz CT molecular complexity index is 1940. The Labute approximate surface area is 261 Å². The molecule has 0 atom stereocenters. The SMILES string of the molecule is C#CC(=CC(=CC)N(c1cccc(-c2ccc(-c3ccccc3)cc2)c1)c1ccccc1-c1ccccc1)c1ccccc1. The molecular weight excluding hydrogens is 530 g/mol. The minimum atomic E-state index is 0.827. The van der Waals surface area contributed by atoms with Gasteiger partial charge in [-0.1, -0.05) is 158 Å². The number of para-hydroxylation sites is 1. The van der Waals surface area contributed by atoms with E-state index in [1.807, 2.05) is 24.3 Å². The smallest absolute Gasteiger partial charge is 0.0539 e. The third-order valence-corrected chi connectivity index (χ3v) is 7.75. The largest absolute Gasteiger partial charge is 0.310 e. The van der Waals surface area contributed by atoms with E-state index in [9.17, 15) is 0 Å². The van der Waals surface area contributed by atoms with Crippen LogP contribution in [0.2, 0.25) is 0 Å². The molecule has 0 spiro atoms. The van der Waals surface area contributed by atoms with Crippen molar-refractivity contribution in [3.05, 3.63) is 187 Å². The predicted molar refractivity (Wildman–Crippen MR) is 188 cm³/mol. The number of anilines is 2. The summed E-state index contributed by atoms with van der Waals surface area (Å²) in [6, 6.07) is 57.2. The van der Waals surface area contributed by atoms with Gasteiger partial charge in [0.05, 0.1) is 5.69 Å². The van der Waals surface area contributed by atoms with Crippen molar-refractivity contribution in [2.24, 2.45) is 0 Å². The van der Waals surface area contributed by atoms with E-state index in [0.29, 0.717) is 0 Å². The average molecular weight is 564 g/mol. The van der Waals surface area contributed by atoms with Crippen LogP contribution in [-0.2, 0) is 0 Å². The lowest BCUT2D eigenvalue weighted by atomic mass is 9.98. The summed E-state index contributed by atoms with van der Waals surface area (Å²) in [5, 5.41) is 0. The van der Waals surface area contributed by atoms with Crippen LogP contribution >= 0.6 is 0 Å². The highest BCUT2D eigenvalue weighted by Crippen LogP contribution is 2.40. The van der Waals surface area contributed by atoms with Crippen LogP contribution in [0.4, 0.5) is 11.4 Å². The van der Waals surface area contributed by atoms with E-state index >= 15 is 0 Å². The number of allylic oxidation sites excluding steroid dienone is 3. The van der Waals surface area contributed by atoms with E-state index < -0.39 is 0 Å². The van der Waals surface area contributed by atoms with Crippen molar-refractivity contribution in [2.75, 3.05) is 4.90 Å². The van der Waals surface area contributed by atoms with E-state index in [1.54, 1.807) is 0 Å². The van der Waals surface area contributed by atoms with E-state index in [-0.39, 0.29) is 0 Å². The molecule has 1 nitrogen and oxygen atoms in total. The van der Waals surface area contributed by atoms with Gasteiger partial charge in [-0.3, -0.25) is 0 Å². The van der Waals surface area contributed by atoms with Gasteiger partial charge in [0.15, 0.2) is 0 Å². The molecule has 0 saturated heterocycles. The Kier molecular flexibility index (Phi) is 8.63. The van der Waals surface area contributed by atoms with Gasteiger partial charge in [0.2, 0.25) is 0 Å². The molecule has 0 fully saturated rings. The minimum absolute atomic E-state index is 0.827. The van der Waals surface area contributed by atoms with Gasteiger partial charge in [-0.05, 0) is 64.6 Å². The second-order valence-electron chi connectivity index (χ2n) is 10.5. The van der Waals surface area contributed by atoms with Gasteiger partial charge in [-0.25, -0.2) is 0 Å². The Balaban J connectivity index is 1.48. The van der Waals surface area contributed by atoms with Crippen molar-refractivity contribution in [1.29, 1.82) is 0 Å². The fourth-order valence-corrected chi connectivity index (χ4v) is 5.52. The standard InChI is InChI=1S/C43H33N/c1-3-33(34-17-8-5-9-18-34)31-40(4-2)44(43-26-15-14-25-42(43)38-21-12-7-13-22-38)41-24-16-23-39(32-41)37-29-27-36(28-30-37)35-19-10-6-11-20-35/h1,4-32H,2H3. The van der Waals surface area contributed by atoms with Crippen LogP contribution < -0.4 is 4.90 Å². The third-order valence-electron chi connectivity index (χ3n) is 7.75. The fraction of sp³-hybridized carbons (Fsp3) is 0.0233. The van der Waals surface area contributed by atoms with Crippen molar-refractivity contribution in [1.82, 2.24) is 0 Å². The fourth-order valence-electron chi connectivity index (χ4n) is 5.52. The molecule has 44 heavy (non-hydrogen) atoms. The lowest BCUT2D eigenvalue weighted by Gasteiger charge is -2.29. The molecule has 1 heteroatoms. The maximum atomic E-state index is 6.10. The van der Waals surface area contributed by atoms with Crippen molar-refractivity contribution >= 4 is 16.9 Å². The van der Waals surface area contributed by atoms with Gasteiger partial charge in [-0.15, -0.1) is 6.42 Å². The van der Waals surface area contributed by atoms with Crippen molar-refractivity contribution in [3.63, 3.8) is 0 Å². The van der Waals surface area contributed by atoms with Gasteiger partial charge in [0.25, 0.3) is 0 Å². The van der Waals surface area contributed by atoms with Crippen molar-refractivity contribution < 1.29 is 0 Å². The van der Waals surface area contributed by atoms with Crippen LogP contribution in [0.15, 0.2) is 182 Å². The number of terminal acetylenes is 1. The number of nitrogens with zero attached hydrogens (tertiary/aromatic N) is 1. The normalized spacial score (nSPS) is 11.5. The summed E-state index contributed by atoms with van der Waals surface area (Å²) in [5.74, 6) is 2.94. The van der Waals surface area contributed by atoms with Crippen LogP contribution in [0, 0.1) is 12.3 Å². The zero-order chi connectivity index (χ0) is 30.1. The maximum Gasteiger partial charge on any atom is 0.0539 e. The molecule has 0 N–H and O–H groups in total. The Morgan fingerprint density at radius 1 is 0.545 bits per heavy atom. The monoisotopic (exact) mass is 563 g/mol. The topological polar surface area (TPSA) is 3.24 Å². The Hall–Kier alpha value is -5.84. The summed E-state index contributed by atoms with van der Waals surface area (Å²) in [6.45, 7) is 2.06. The van der Waals surface area contributed by atoms with Crippen LogP contribution in [-0.4, -0.2) is 0 Å². The molecule has 0 amide bonds. The molecule has 0 aromatic heterocycles. The molecule has 0 aliphatic carbocycles. The van der Waals surface area contributed by atoms with Gasteiger partial charge >= 0.3 is 0 Å². The first-order valence-electron chi connectivity index (χ1n) is 14.9. The molecular formula is C43H33N. The van der Waals surface area contributed by atoms with Crippen molar-refractivity contribution in [2.45, 2.75) is 6.92 Å². The molecule has 0 heterocycles. The summed E-state index contributed by atoms with van der Waals surface area (Å²) < 4.78 is 0. The van der Waals surface area contributed by atoms with Crippen LogP contribution in [0.1, 0.15) is 12.5 Å². The van der Waals surface area contributed by atoms with Gasteiger partial charge in [0, 0.05) is 22.5 Å². The van der Waals surface area contributed by atoms with Gasteiger partial charge < -0.3 is 4.90 Å². The number of benzene rings is 6. The third kappa shape index (κ3) is 6.16. The predicted octanol–water partition coefficient (Wildman–Crippen LogP) is 11.4. The van der Waals surface area contributed by atoms with E-state index in [0.717, 1.165) is 50.5 Å². The Morgan fingerprint density at radius 2 is 1.07 bits per heavy atom. The number of rotatable bonds is 8. The molecule has 0 bridgehead atoms. The molecule has 6 aromatic rings. The molecule has 210 valence electrons. The minimum Gasteiger partial charge on any atom is -0.310 e. The average Bonchev–Trinajstić information content (AvgIpc) is 3.11. The first kappa shape index (κ1) is 28.3.